The third-order valence-electron chi connectivity index (χ3n) is 6.80. The van der Waals surface area contributed by atoms with Crippen molar-refractivity contribution in [2.45, 2.75) is 38.6 Å². The van der Waals surface area contributed by atoms with E-state index in [1.54, 1.807) is 34.0 Å². The molecule has 33 heavy (non-hydrogen) atoms. The van der Waals surface area contributed by atoms with Crippen molar-refractivity contribution in [3.8, 4) is 22.9 Å². The van der Waals surface area contributed by atoms with Crippen LogP contribution >= 0.6 is 0 Å². The van der Waals surface area contributed by atoms with Gasteiger partial charge in [-0.25, -0.2) is 4.79 Å². The summed E-state index contributed by atoms with van der Waals surface area (Å²) in [5.74, 6) is 1.18. The number of rotatable bonds is 7. The second-order valence-electron chi connectivity index (χ2n) is 8.90. The number of pyridine rings is 1. The van der Waals surface area contributed by atoms with Crippen molar-refractivity contribution < 1.29 is 4.74 Å². The van der Waals surface area contributed by atoms with E-state index in [2.05, 4.69) is 11.1 Å². The number of aryl methyl sites for hydroxylation is 3. The zero-order valence-corrected chi connectivity index (χ0v) is 18.9. The Morgan fingerprint density at radius 3 is 2.73 bits per heavy atom. The van der Waals surface area contributed by atoms with Gasteiger partial charge in [0.05, 0.1) is 18.2 Å². The molecule has 0 atom stereocenters. The molecule has 1 saturated carbocycles. The van der Waals surface area contributed by atoms with E-state index in [9.17, 15) is 9.59 Å². The lowest BCUT2D eigenvalue weighted by Gasteiger charge is -2.26. The van der Waals surface area contributed by atoms with Gasteiger partial charge in [-0.1, -0.05) is 6.42 Å². The quantitative estimate of drug-likeness (QED) is 0.439. The molecule has 5 rings (SSSR count). The fourth-order valence-electron chi connectivity index (χ4n) is 4.70. The number of nitrogens with one attached hydrogen (secondary N) is 1. The Morgan fingerprint density at radius 1 is 1.18 bits per heavy atom. The van der Waals surface area contributed by atoms with Gasteiger partial charge in [0.25, 0.3) is 5.56 Å². The molecule has 0 radical (unpaired) electrons. The van der Waals surface area contributed by atoms with Crippen molar-refractivity contribution in [3.63, 3.8) is 0 Å². The van der Waals surface area contributed by atoms with Gasteiger partial charge in [-0.15, -0.1) is 0 Å². The van der Waals surface area contributed by atoms with Crippen LogP contribution in [0.1, 0.15) is 32.1 Å². The lowest BCUT2D eigenvalue weighted by molar-refractivity contribution is 0.182. The summed E-state index contributed by atoms with van der Waals surface area (Å²) in [6, 6.07) is 7.97. The lowest BCUT2D eigenvalue weighted by atomic mass is 9.86. The maximum Gasteiger partial charge on any atom is 0.328 e. The molecule has 0 bridgehead atoms. The summed E-state index contributed by atoms with van der Waals surface area (Å²) in [6.45, 7) is 1.04. The van der Waals surface area contributed by atoms with E-state index in [0.29, 0.717) is 43.2 Å². The average Bonchev–Trinajstić information content (AvgIpc) is 3.35. The molecule has 1 aliphatic carbocycles. The van der Waals surface area contributed by atoms with Gasteiger partial charge in [0.2, 0.25) is 0 Å². The number of nitrogens with zero attached hydrogens (tertiary/aromatic N) is 4. The summed E-state index contributed by atoms with van der Waals surface area (Å²) in [4.78, 5) is 28.8. The highest BCUT2D eigenvalue weighted by Gasteiger charge is 2.24. The molecular weight excluding hydrogens is 418 g/mol. The van der Waals surface area contributed by atoms with Gasteiger partial charge in [0, 0.05) is 56.0 Å². The van der Waals surface area contributed by atoms with Crippen LogP contribution in [0.5, 0.6) is 5.75 Å². The molecule has 0 unspecified atom stereocenters. The van der Waals surface area contributed by atoms with E-state index in [-0.39, 0.29) is 11.2 Å². The first-order chi connectivity index (χ1) is 16.0. The predicted molar refractivity (Wildman–Crippen MR) is 127 cm³/mol. The van der Waals surface area contributed by atoms with Crippen LogP contribution < -0.4 is 16.0 Å². The third-order valence-corrected chi connectivity index (χ3v) is 6.80. The van der Waals surface area contributed by atoms with Gasteiger partial charge in [0.15, 0.2) is 5.75 Å². The Hall–Kier alpha value is -3.73. The van der Waals surface area contributed by atoms with Gasteiger partial charge in [-0.05, 0) is 43.4 Å². The number of aromatic amines is 1. The fourth-order valence-corrected chi connectivity index (χ4v) is 4.70. The number of hydrogen-bond acceptors (Lipinski definition) is 4. The number of aromatic nitrogens is 4. The molecule has 8 nitrogen and oxygen atoms in total. The summed E-state index contributed by atoms with van der Waals surface area (Å²) in [5.41, 5.74) is 3.58. The molecule has 4 aromatic rings. The Morgan fingerprint density at radius 2 is 2.00 bits per heavy atom. The van der Waals surface area contributed by atoms with Gasteiger partial charge in [-0.3, -0.25) is 13.9 Å². The predicted octanol–water partition coefficient (Wildman–Crippen LogP) is 3.67. The van der Waals surface area contributed by atoms with Gasteiger partial charge < -0.3 is 14.3 Å². The van der Waals surface area contributed by atoms with Crippen molar-refractivity contribution in [1.82, 2.24) is 18.7 Å². The second kappa shape index (κ2) is 8.32. The highest BCUT2D eigenvalue weighted by molar-refractivity contribution is 6.00. The zero-order valence-electron chi connectivity index (χ0n) is 18.9. The van der Waals surface area contributed by atoms with Gasteiger partial charge >= 0.3 is 5.69 Å². The van der Waals surface area contributed by atoms with E-state index in [1.807, 2.05) is 24.4 Å². The summed E-state index contributed by atoms with van der Waals surface area (Å²) in [6.07, 6.45) is 8.09. The number of hydrogen-bond donors (Lipinski definition) is 1. The van der Waals surface area contributed by atoms with Crippen molar-refractivity contribution in [1.29, 1.82) is 5.26 Å². The number of ether oxygens (including phenoxy) is 1. The summed E-state index contributed by atoms with van der Waals surface area (Å²) in [5, 5.41) is 9.81. The van der Waals surface area contributed by atoms with Crippen LogP contribution in [0.3, 0.4) is 0 Å². The maximum atomic E-state index is 13.1. The molecule has 1 fully saturated rings. The number of fused-ring (bicyclic) bond motifs is 2. The Kier molecular flexibility index (Phi) is 5.33. The number of benzene rings is 1. The van der Waals surface area contributed by atoms with Crippen LogP contribution in [0.15, 0.2) is 40.2 Å². The molecule has 170 valence electrons. The minimum absolute atomic E-state index is 0.0927. The average molecular weight is 446 g/mol. The van der Waals surface area contributed by atoms with Crippen LogP contribution in [0, 0.1) is 17.2 Å². The lowest BCUT2D eigenvalue weighted by Crippen LogP contribution is -2.23. The highest BCUT2D eigenvalue weighted by Crippen LogP contribution is 2.40. The Balaban J connectivity index is 1.77. The molecule has 0 aliphatic heterocycles. The van der Waals surface area contributed by atoms with Crippen molar-refractivity contribution in [3.05, 3.63) is 51.4 Å². The van der Waals surface area contributed by atoms with E-state index >= 15 is 0 Å². The Bertz CT molecular complexity index is 1510. The zero-order chi connectivity index (χ0) is 23.1. The number of imidazole rings is 1. The molecule has 3 heterocycles. The standard InChI is InChI=1S/C25H27N5O3/c1-28-14-19(17-10-12-27-21(17)24(28)31)18-8-9-20-22(23(18)33-15-16-6-5-7-16)30(13-4-3-11-26)25(32)29(20)2/h8-10,12,14,16,27H,3-7,13,15H2,1-2H3. The maximum absolute atomic E-state index is 13.1. The van der Waals surface area contributed by atoms with Crippen LogP contribution in [0.4, 0.5) is 0 Å². The van der Waals surface area contributed by atoms with Crippen LogP contribution in [0.2, 0.25) is 0 Å². The summed E-state index contributed by atoms with van der Waals surface area (Å²) in [7, 11) is 3.50. The first kappa shape index (κ1) is 21.1. The van der Waals surface area contributed by atoms with Gasteiger partial charge in [-0.2, -0.15) is 5.26 Å². The smallest absolute Gasteiger partial charge is 0.328 e. The van der Waals surface area contributed by atoms with E-state index < -0.39 is 0 Å². The molecule has 1 aromatic carbocycles. The molecule has 1 aliphatic rings. The summed E-state index contributed by atoms with van der Waals surface area (Å²) < 4.78 is 11.4. The van der Waals surface area contributed by atoms with Crippen LogP contribution in [0.25, 0.3) is 33.1 Å². The minimum Gasteiger partial charge on any atom is -0.490 e. The number of H-pyrrole nitrogens is 1. The summed E-state index contributed by atoms with van der Waals surface area (Å²) >= 11 is 0. The molecule has 8 heteroatoms. The van der Waals surface area contributed by atoms with E-state index in [1.165, 1.54) is 6.42 Å². The van der Waals surface area contributed by atoms with Crippen molar-refractivity contribution >= 4 is 21.9 Å². The largest absolute Gasteiger partial charge is 0.490 e. The first-order valence-corrected chi connectivity index (χ1v) is 11.4. The SMILES string of the molecule is Cn1cc(-c2ccc3c(c2OCC2CCC2)n(CCCC#N)c(=O)n3C)c2cc[nH]c2c1=O. The van der Waals surface area contributed by atoms with Gasteiger partial charge in [0.1, 0.15) is 11.0 Å². The normalized spacial score (nSPS) is 14.0. The molecule has 0 spiro atoms. The highest BCUT2D eigenvalue weighted by atomic mass is 16.5. The molecule has 3 aromatic heterocycles. The molecule has 0 saturated heterocycles. The van der Waals surface area contributed by atoms with E-state index in [4.69, 9.17) is 10.00 Å². The van der Waals surface area contributed by atoms with E-state index in [0.717, 1.165) is 40.4 Å². The molecular formula is C25H27N5O3. The van der Waals surface area contributed by atoms with Crippen LogP contribution in [-0.2, 0) is 20.6 Å². The molecule has 1 N–H and O–H groups in total. The fraction of sp³-hybridized carbons (Fsp3) is 0.400. The minimum atomic E-state index is -0.124. The second-order valence-corrected chi connectivity index (χ2v) is 8.90. The third kappa shape index (κ3) is 3.44. The Labute approximate surface area is 190 Å². The number of unbranched alkanes of at least 4 members (excludes halogenated alkanes) is 1. The first-order valence-electron chi connectivity index (χ1n) is 11.4. The van der Waals surface area contributed by atoms with Crippen molar-refractivity contribution in [2.75, 3.05) is 6.61 Å². The van der Waals surface area contributed by atoms with Crippen LogP contribution in [-0.4, -0.2) is 25.3 Å². The number of nitriles is 1. The molecule has 0 amide bonds. The monoisotopic (exact) mass is 445 g/mol. The topological polar surface area (TPSA) is 97.7 Å². The van der Waals surface area contributed by atoms with Crippen molar-refractivity contribution in [2.24, 2.45) is 20.0 Å².